The quantitative estimate of drug-likeness (QED) is 0.236. The van der Waals surface area contributed by atoms with Gasteiger partial charge in [-0.3, -0.25) is 0 Å². The monoisotopic (exact) mass is 471 g/mol. The third kappa shape index (κ3) is 2.95. The van der Waals surface area contributed by atoms with E-state index in [0.717, 1.165) is 28.1 Å². The minimum atomic E-state index is 0.730. The number of fused-ring (bicyclic) bond motifs is 9. The van der Waals surface area contributed by atoms with Gasteiger partial charge in [0.2, 0.25) is 0 Å². The van der Waals surface area contributed by atoms with E-state index in [4.69, 9.17) is 9.97 Å². The number of aromatic nitrogens is 3. The molecule has 0 N–H and O–H groups in total. The van der Waals surface area contributed by atoms with Gasteiger partial charge in [0.05, 0.1) is 29.1 Å². The van der Waals surface area contributed by atoms with Crippen LogP contribution in [-0.4, -0.2) is 14.5 Å². The Bertz CT molecular complexity index is 2120. The van der Waals surface area contributed by atoms with Crippen molar-refractivity contribution >= 4 is 54.1 Å². The van der Waals surface area contributed by atoms with Crippen molar-refractivity contribution < 1.29 is 0 Å². The van der Waals surface area contributed by atoms with Gasteiger partial charge in [-0.2, -0.15) is 0 Å². The molecule has 0 radical (unpaired) electrons. The molecule has 172 valence electrons. The SMILES string of the molecule is c1ccc(-c2ncc(-n3c4ccccc4c4cc5c6ccccc6c6ccccc6c5cc43)cn2)cc1. The van der Waals surface area contributed by atoms with E-state index < -0.39 is 0 Å². The van der Waals surface area contributed by atoms with Gasteiger partial charge in [0.15, 0.2) is 5.82 Å². The summed E-state index contributed by atoms with van der Waals surface area (Å²) in [5.41, 5.74) is 4.28. The van der Waals surface area contributed by atoms with Crippen molar-refractivity contribution in [2.75, 3.05) is 0 Å². The highest BCUT2D eigenvalue weighted by Gasteiger charge is 2.16. The van der Waals surface area contributed by atoms with Gasteiger partial charge in [-0.15, -0.1) is 0 Å². The number of nitrogens with zero attached hydrogens (tertiary/aromatic N) is 3. The van der Waals surface area contributed by atoms with Crippen molar-refractivity contribution in [3.63, 3.8) is 0 Å². The van der Waals surface area contributed by atoms with Gasteiger partial charge in [-0.05, 0) is 50.5 Å². The average molecular weight is 472 g/mol. The number of para-hydroxylation sites is 1. The first-order valence-electron chi connectivity index (χ1n) is 12.5. The maximum atomic E-state index is 4.74. The Morgan fingerprint density at radius 3 is 1.57 bits per heavy atom. The molecule has 2 heterocycles. The van der Waals surface area contributed by atoms with E-state index in [1.165, 1.54) is 43.1 Å². The normalized spacial score (nSPS) is 11.8. The van der Waals surface area contributed by atoms with Crippen LogP contribution in [0.5, 0.6) is 0 Å². The van der Waals surface area contributed by atoms with E-state index in [1.54, 1.807) is 0 Å². The maximum absolute atomic E-state index is 4.74. The highest BCUT2D eigenvalue weighted by molar-refractivity contribution is 6.28. The van der Waals surface area contributed by atoms with Crippen molar-refractivity contribution in [1.82, 2.24) is 14.5 Å². The van der Waals surface area contributed by atoms with Crippen LogP contribution in [0.15, 0.2) is 128 Å². The Balaban J connectivity index is 1.48. The van der Waals surface area contributed by atoms with E-state index in [1.807, 2.05) is 42.7 Å². The molecule has 3 heteroatoms. The molecule has 0 saturated heterocycles. The van der Waals surface area contributed by atoms with Crippen LogP contribution in [0.2, 0.25) is 0 Å². The zero-order chi connectivity index (χ0) is 24.3. The van der Waals surface area contributed by atoms with Crippen LogP contribution in [0.4, 0.5) is 0 Å². The summed E-state index contributed by atoms with van der Waals surface area (Å²) in [6.45, 7) is 0. The third-order valence-electron chi connectivity index (χ3n) is 7.46. The molecule has 6 aromatic carbocycles. The van der Waals surface area contributed by atoms with Crippen LogP contribution < -0.4 is 0 Å². The first-order chi connectivity index (χ1) is 18.4. The summed E-state index contributed by atoms with van der Waals surface area (Å²) >= 11 is 0. The van der Waals surface area contributed by atoms with Crippen LogP contribution in [0.25, 0.3) is 71.2 Å². The van der Waals surface area contributed by atoms with Gasteiger partial charge in [0.1, 0.15) is 0 Å². The first kappa shape index (κ1) is 20.2. The number of benzene rings is 6. The predicted molar refractivity (Wildman–Crippen MR) is 154 cm³/mol. The predicted octanol–water partition coefficient (Wildman–Crippen LogP) is 8.70. The van der Waals surface area contributed by atoms with E-state index >= 15 is 0 Å². The molecular weight excluding hydrogens is 450 g/mol. The molecule has 8 aromatic rings. The number of hydrogen-bond donors (Lipinski definition) is 0. The molecule has 3 nitrogen and oxygen atoms in total. The van der Waals surface area contributed by atoms with Crippen molar-refractivity contribution in [3.8, 4) is 17.1 Å². The van der Waals surface area contributed by atoms with Crippen molar-refractivity contribution in [1.29, 1.82) is 0 Å². The van der Waals surface area contributed by atoms with Crippen molar-refractivity contribution in [2.45, 2.75) is 0 Å². The van der Waals surface area contributed by atoms with E-state index in [-0.39, 0.29) is 0 Å². The standard InChI is InChI=1S/C34H21N3/c1-2-10-22(11-3-1)34-35-20-23(21-36-34)37-32-17-9-8-16-28(32)31-18-29-26-14-6-4-12-24(26)25-13-5-7-15-27(25)30(29)19-33(31)37/h1-21H. The molecule has 37 heavy (non-hydrogen) atoms. The molecular formula is C34H21N3. The molecule has 0 atom stereocenters. The zero-order valence-corrected chi connectivity index (χ0v) is 20.0. The van der Waals surface area contributed by atoms with Crippen molar-refractivity contribution in [3.05, 3.63) is 128 Å². The van der Waals surface area contributed by atoms with Gasteiger partial charge in [-0.25, -0.2) is 9.97 Å². The van der Waals surface area contributed by atoms with Gasteiger partial charge < -0.3 is 4.57 Å². The van der Waals surface area contributed by atoms with E-state index in [9.17, 15) is 0 Å². The molecule has 0 aliphatic carbocycles. The topological polar surface area (TPSA) is 30.7 Å². The Hall–Kier alpha value is -5.02. The lowest BCUT2D eigenvalue weighted by Gasteiger charge is -2.12. The summed E-state index contributed by atoms with van der Waals surface area (Å²) in [5.74, 6) is 0.730. The summed E-state index contributed by atoms with van der Waals surface area (Å²) in [6.07, 6.45) is 3.87. The summed E-state index contributed by atoms with van der Waals surface area (Å²) < 4.78 is 2.29. The Morgan fingerprint density at radius 1 is 0.405 bits per heavy atom. The van der Waals surface area contributed by atoms with Crippen LogP contribution in [0, 0.1) is 0 Å². The fourth-order valence-electron chi connectivity index (χ4n) is 5.82. The van der Waals surface area contributed by atoms with Gasteiger partial charge in [0, 0.05) is 16.3 Å². The Kier molecular flexibility index (Phi) is 4.23. The highest BCUT2D eigenvalue weighted by atomic mass is 15.0. The lowest BCUT2D eigenvalue weighted by Crippen LogP contribution is -1.98. The highest BCUT2D eigenvalue weighted by Crippen LogP contribution is 2.40. The Labute approximate surface area is 213 Å². The third-order valence-corrected chi connectivity index (χ3v) is 7.46. The fraction of sp³-hybridized carbons (Fsp3) is 0. The van der Waals surface area contributed by atoms with Crippen LogP contribution >= 0.6 is 0 Å². The molecule has 0 bridgehead atoms. The summed E-state index contributed by atoms with van der Waals surface area (Å²) in [6, 6.07) is 40.9. The molecule has 8 rings (SSSR count). The Morgan fingerprint density at radius 2 is 0.919 bits per heavy atom. The lowest BCUT2D eigenvalue weighted by molar-refractivity contribution is 1.08. The largest absolute Gasteiger partial charge is 0.306 e. The molecule has 0 fully saturated rings. The van der Waals surface area contributed by atoms with Gasteiger partial charge in [-0.1, -0.05) is 97.1 Å². The van der Waals surface area contributed by atoms with Gasteiger partial charge in [0.25, 0.3) is 0 Å². The average Bonchev–Trinajstić information content (AvgIpc) is 3.30. The number of hydrogen-bond acceptors (Lipinski definition) is 2. The van der Waals surface area contributed by atoms with Crippen LogP contribution in [0.1, 0.15) is 0 Å². The molecule has 0 amide bonds. The van der Waals surface area contributed by atoms with Crippen LogP contribution in [0.3, 0.4) is 0 Å². The smallest absolute Gasteiger partial charge is 0.159 e. The molecule has 0 aliphatic heterocycles. The molecule has 0 aliphatic rings. The maximum Gasteiger partial charge on any atom is 0.159 e. The van der Waals surface area contributed by atoms with Crippen LogP contribution in [-0.2, 0) is 0 Å². The first-order valence-corrected chi connectivity index (χ1v) is 12.5. The fourth-order valence-corrected chi connectivity index (χ4v) is 5.82. The second-order valence-corrected chi connectivity index (χ2v) is 9.49. The second-order valence-electron chi connectivity index (χ2n) is 9.49. The molecule has 0 unspecified atom stereocenters. The van der Waals surface area contributed by atoms with E-state index in [2.05, 4.69) is 89.5 Å². The molecule has 2 aromatic heterocycles. The minimum Gasteiger partial charge on any atom is -0.306 e. The zero-order valence-electron chi connectivity index (χ0n) is 20.0. The summed E-state index contributed by atoms with van der Waals surface area (Å²) in [5, 5.41) is 10.1. The molecule has 0 saturated carbocycles. The summed E-state index contributed by atoms with van der Waals surface area (Å²) in [7, 11) is 0. The van der Waals surface area contributed by atoms with Crippen molar-refractivity contribution in [2.24, 2.45) is 0 Å². The minimum absolute atomic E-state index is 0.730. The second kappa shape index (κ2) is 7.74. The van der Waals surface area contributed by atoms with E-state index in [0.29, 0.717) is 0 Å². The molecule has 0 spiro atoms. The lowest BCUT2D eigenvalue weighted by atomic mass is 9.93. The summed E-state index contributed by atoms with van der Waals surface area (Å²) in [4.78, 5) is 9.48. The number of rotatable bonds is 2. The van der Waals surface area contributed by atoms with Gasteiger partial charge >= 0.3 is 0 Å².